The van der Waals surface area contributed by atoms with Crippen LogP contribution in [0.15, 0.2) is 54.6 Å². The van der Waals surface area contributed by atoms with Crippen molar-refractivity contribution in [2.45, 2.75) is 6.54 Å². The van der Waals surface area contributed by atoms with Crippen LogP contribution in [0.5, 0.6) is 0 Å². The minimum absolute atomic E-state index is 0. The summed E-state index contributed by atoms with van der Waals surface area (Å²) >= 11 is 5.91. The number of hydrogen-bond acceptors (Lipinski definition) is 2. The van der Waals surface area contributed by atoms with Crippen LogP contribution in [-0.2, 0) is 6.54 Å². The van der Waals surface area contributed by atoms with Gasteiger partial charge in [0.15, 0.2) is 0 Å². The molecule has 0 heterocycles. The van der Waals surface area contributed by atoms with Crippen molar-refractivity contribution < 1.29 is 17.2 Å². The van der Waals surface area contributed by atoms with E-state index in [1.165, 1.54) is 0 Å². The fraction of sp³-hybridized carbons (Fsp3) is 0.188. The minimum Gasteiger partial charge on any atom is -1.00 e. The van der Waals surface area contributed by atoms with Crippen LogP contribution in [0.1, 0.15) is 15.9 Å². The van der Waals surface area contributed by atoms with Gasteiger partial charge in [-0.2, -0.15) is 0 Å². The minimum atomic E-state index is -0.0462. The summed E-state index contributed by atoms with van der Waals surface area (Å²) < 4.78 is 0. The molecule has 0 bridgehead atoms. The number of rotatable bonds is 6. The molecule has 0 radical (unpaired) electrons. The third-order valence-corrected chi connectivity index (χ3v) is 3.08. The summed E-state index contributed by atoms with van der Waals surface area (Å²) in [5.74, 6) is -0.0462. The molecule has 3 nitrogen and oxygen atoms in total. The molecule has 0 saturated heterocycles. The number of carbonyl (C=O) groups excluding carboxylic acids is 1. The second-order valence-electron chi connectivity index (χ2n) is 4.43. The van der Waals surface area contributed by atoms with Gasteiger partial charge in [-0.1, -0.05) is 41.9 Å². The van der Waals surface area contributed by atoms with E-state index in [-0.39, 0.29) is 18.3 Å². The van der Waals surface area contributed by atoms with Gasteiger partial charge < -0.3 is 23.0 Å². The molecular formula is C16H17Cl2N2O-. The SMILES string of the molecule is O=C(NCCNCc1cccc(Cl)c1)c1ccccc1.[Cl-]. The van der Waals surface area contributed by atoms with Gasteiger partial charge in [-0.15, -0.1) is 0 Å². The number of halogens is 2. The maximum Gasteiger partial charge on any atom is 0.251 e. The van der Waals surface area contributed by atoms with E-state index in [4.69, 9.17) is 11.6 Å². The molecule has 2 aromatic carbocycles. The maximum absolute atomic E-state index is 11.8. The molecule has 112 valence electrons. The highest BCUT2D eigenvalue weighted by Gasteiger charge is 2.02. The number of benzene rings is 2. The van der Waals surface area contributed by atoms with Crippen molar-refractivity contribution in [3.63, 3.8) is 0 Å². The molecular weight excluding hydrogens is 307 g/mol. The Morgan fingerprint density at radius 3 is 2.48 bits per heavy atom. The summed E-state index contributed by atoms with van der Waals surface area (Å²) in [5, 5.41) is 6.87. The topological polar surface area (TPSA) is 41.1 Å². The summed E-state index contributed by atoms with van der Waals surface area (Å²) in [7, 11) is 0. The zero-order chi connectivity index (χ0) is 14.2. The smallest absolute Gasteiger partial charge is 0.251 e. The molecule has 5 heteroatoms. The lowest BCUT2D eigenvalue weighted by Crippen LogP contribution is -3.00. The van der Waals surface area contributed by atoms with Crippen LogP contribution in [0.2, 0.25) is 5.02 Å². The second-order valence-corrected chi connectivity index (χ2v) is 4.87. The van der Waals surface area contributed by atoms with Crippen molar-refractivity contribution in [3.05, 3.63) is 70.7 Å². The highest BCUT2D eigenvalue weighted by molar-refractivity contribution is 6.30. The lowest BCUT2D eigenvalue weighted by molar-refractivity contribution is -0.0000123. The first kappa shape index (κ1) is 17.5. The molecule has 0 unspecified atom stereocenters. The molecule has 0 fully saturated rings. The third kappa shape index (κ3) is 6.17. The van der Waals surface area contributed by atoms with E-state index in [1.54, 1.807) is 12.1 Å². The van der Waals surface area contributed by atoms with E-state index in [0.717, 1.165) is 17.1 Å². The number of carbonyl (C=O) groups is 1. The van der Waals surface area contributed by atoms with Crippen LogP contribution in [0.25, 0.3) is 0 Å². The van der Waals surface area contributed by atoms with Crippen LogP contribution in [0.3, 0.4) is 0 Å². The second kappa shape index (κ2) is 9.40. The van der Waals surface area contributed by atoms with Gasteiger partial charge in [0.2, 0.25) is 0 Å². The fourth-order valence-corrected chi connectivity index (χ4v) is 2.05. The third-order valence-electron chi connectivity index (χ3n) is 2.84. The Bertz CT molecular complexity index is 561. The highest BCUT2D eigenvalue weighted by atomic mass is 35.5. The van der Waals surface area contributed by atoms with Gasteiger partial charge in [0.25, 0.3) is 5.91 Å². The van der Waals surface area contributed by atoms with E-state index < -0.39 is 0 Å². The van der Waals surface area contributed by atoms with Gasteiger partial charge in [-0.05, 0) is 29.8 Å². The van der Waals surface area contributed by atoms with Crippen molar-refractivity contribution in [3.8, 4) is 0 Å². The van der Waals surface area contributed by atoms with Crippen LogP contribution < -0.4 is 23.0 Å². The predicted octanol–water partition coefficient (Wildman–Crippen LogP) is -0.136. The lowest BCUT2D eigenvalue weighted by Gasteiger charge is -2.07. The zero-order valence-electron chi connectivity index (χ0n) is 11.5. The maximum atomic E-state index is 11.8. The molecule has 0 aliphatic rings. The van der Waals surface area contributed by atoms with E-state index in [9.17, 15) is 4.79 Å². The standard InChI is InChI=1S/C16H17ClN2O.ClH/c17-15-8-4-5-13(11-15)12-18-9-10-19-16(20)14-6-2-1-3-7-14;/h1-8,11,18H,9-10,12H2,(H,19,20);1H/p-1. The lowest BCUT2D eigenvalue weighted by atomic mass is 10.2. The van der Waals surface area contributed by atoms with Crippen LogP contribution in [0, 0.1) is 0 Å². The Morgan fingerprint density at radius 2 is 1.76 bits per heavy atom. The van der Waals surface area contributed by atoms with Gasteiger partial charge in [0.1, 0.15) is 0 Å². The van der Waals surface area contributed by atoms with E-state index >= 15 is 0 Å². The first-order chi connectivity index (χ1) is 9.75. The van der Waals surface area contributed by atoms with E-state index in [2.05, 4.69) is 10.6 Å². The predicted molar refractivity (Wildman–Crippen MR) is 81.9 cm³/mol. The van der Waals surface area contributed by atoms with Crippen LogP contribution >= 0.6 is 11.6 Å². The Balaban J connectivity index is 0.00000220. The molecule has 0 aliphatic heterocycles. The quantitative estimate of drug-likeness (QED) is 0.727. The summed E-state index contributed by atoms with van der Waals surface area (Å²) in [6, 6.07) is 16.9. The summed E-state index contributed by atoms with van der Waals surface area (Å²) in [4.78, 5) is 11.8. The van der Waals surface area contributed by atoms with Gasteiger partial charge in [-0.25, -0.2) is 0 Å². The molecule has 1 amide bonds. The number of hydrogen-bond donors (Lipinski definition) is 2. The van der Waals surface area contributed by atoms with Crippen molar-refractivity contribution in [2.24, 2.45) is 0 Å². The molecule has 0 aromatic heterocycles. The molecule has 2 rings (SSSR count). The summed E-state index contributed by atoms with van der Waals surface area (Å²) in [6.07, 6.45) is 0. The normalized spacial score (nSPS) is 9.76. The summed E-state index contributed by atoms with van der Waals surface area (Å²) in [6.45, 7) is 2.04. The van der Waals surface area contributed by atoms with Gasteiger partial charge in [-0.3, -0.25) is 4.79 Å². The molecule has 0 saturated carbocycles. The first-order valence-corrected chi connectivity index (χ1v) is 6.92. The van der Waals surface area contributed by atoms with Gasteiger partial charge in [0, 0.05) is 30.2 Å². The largest absolute Gasteiger partial charge is 1.00 e. The van der Waals surface area contributed by atoms with E-state index in [1.807, 2.05) is 42.5 Å². The molecule has 0 atom stereocenters. The summed E-state index contributed by atoms with van der Waals surface area (Å²) in [5.41, 5.74) is 1.81. The fourth-order valence-electron chi connectivity index (χ4n) is 1.84. The molecule has 21 heavy (non-hydrogen) atoms. The molecule has 0 spiro atoms. The Labute approximate surface area is 136 Å². The Morgan fingerprint density at radius 1 is 1.00 bits per heavy atom. The van der Waals surface area contributed by atoms with Gasteiger partial charge in [0.05, 0.1) is 0 Å². The number of nitrogens with one attached hydrogen (secondary N) is 2. The molecule has 2 aromatic rings. The van der Waals surface area contributed by atoms with Crippen LogP contribution in [-0.4, -0.2) is 19.0 Å². The van der Waals surface area contributed by atoms with Crippen molar-refractivity contribution >= 4 is 17.5 Å². The highest BCUT2D eigenvalue weighted by Crippen LogP contribution is 2.09. The van der Waals surface area contributed by atoms with Crippen LogP contribution in [0.4, 0.5) is 0 Å². The van der Waals surface area contributed by atoms with Crippen molar-refractivity contribution in [1.29, 1.82) is 0 Å². The van der Waals surface area contributed by atoms with Gasteiger partial charge >= 0.3 is 0 Å². The molecule has 0 aliphatic carbocycles. The average Bonchev–Trinajstić information content (AvgIpc) is 2.48. The number of amides is 1. The molecule has 2 N–H and O–H groups in total. The Kier molecular flexibility index (Phi) is 7.83. The van der Waals surface area contributed by atoms with Crippen molar-refractivity contribution in [2.75, 3.05) is 13.1 Å². The Hall–Kier alpha value is -1.55. The monoisotopic (exact) mass is 323 g/mol. The van der Waals surface area contributed by atoms with E-state index in [0.29, 0.717) is 18.7 Å². The first-order valence-electron chi connectivity index (χ1n) is 6.54. The average molecular weight is 324 g/mol. The van der Waals surface area contributed by atoms with Crippen molar-refractivity contribution in [1.82, 2.24) is 10.6 Å². The zero-order valence-corrected chi connectivity index (χ0v) is 13.0.